The highest BCUT2D eigenvalue weighted by molar-refractivity contribution is 7.91. The normalized spacial score (nSPS) is 17.8. The SMILES string of the molecule is COc1ccc(Cl)cc1CC1CNC(=O)CN(S(=O)(=O)c2cc(N)c(C)s2)C1=O. The third-order valence-electron chi connectivity index (χ3n) is 4.61. The van der Waals surface area contributed by atoms with Gasteiger partial charge in [-0.15, -0.1) is 11.3 Å². The van der Waals surface area contributed by atoms with Crippen LogP contribution >= 0.6 is 22.9 Å². The van der Waals surface area contributed by atoms with Gasteiger partial charge < -0.3 is 15.8 Å². The third kappa shape index (κ3) is 4.34. The van der Waals surface area contributed by atoms with Crippen molar-refractivity contribution in [2.45, 2.75) is 17.6 Å². The van der Waals surface area contributed by atoms with Gasteiger partial charge in [-0.1, -0.05) is 11.6 Å². The second-order valence-corrected chi connectivity index (χ2v) is 10.4. The van der Waals surface area contributed by atoms with Crippen LogP contribution in [0.5, 0.6) is 5.75 Å². The molecule has 1 atom stereocenters. The lowest BCUT2D eigenvalue weighted by Crippen LogP contribution is -2.42. The van der Waals surface area contributed by atoms with E-state index in [1.807, 2.05) is 0 Å². The summed E-state index contributed by atoms with van der Waals surface area (Å²) in [5.74, 6) is -1.51. The van der Waals surface area contributed by atoms with Crippen LogP contribution in [-0.4, -0.2) is 44.7 Å². The number of thiophene rings is 1. The van der Waals surface area contributed by atoms with E-state index >= 15 is 0 Å². The van der Waals surface area contributed by atoms with Gasteiger partial charge in [-0.05, 0) is 43.2 Å². The Hall–Kier alpha value is -2.30. The topological polar surface area (TPSA) is 119 Å². The average Bonchev–Trinajstić information content (AvgIpc) is 2.94. The summed E-state index contributed by atoms with van der Waals surface area (Å²) < 4.78 is 32.0. The van der Waals surface area contributed by atoms with Crippen LogP contribution in [0.4, 0.5) is 5.69 Å². The number of hydrogen-bond donors (Lipinski definition) is 2. The largest absolute Gasteiger partial charge is 0.496 e. The number of nitrogens with zero attached hydrogens (tertiary/aromatic N) is 1. The highest BCUT2D eigenvalue weighted by atomic mass is 35.5. The lowest BCUT2D eigenvalue weighted by molar-refractivity contribution is -0.131. The maximum Gasteiger partial charge on any atom is 0.276 e. The zero-order chi connectivity index (χ0) is 21.3. The molecule has 1 aromatic carbocycles. The number of rotatable bonds is 5. The number of halogens is 1. The summed E-state index contributed by atoms with van der Waals surface area (Å²) in [7, 11) is -2.72. The molecule has 2 aromatic rings. The van der Waals surface area contributed by atoms with Gasteiger partial charge in [-0.2, -0.15) is 0 Å². The minimum absolute atomic E-state index is 0.00492. The number of nitrogen functional groups attached to an aromatic ring is 1. The zero-order valence-electron chi connectivity index (χ0n) is 15.8. The quantitative estimate of drug-likeness (QED) is 0.706. The summed E-state index contributed by atoms with van der Waals surface area (Å²) in [6, 6.07) is 6.28. The molecule has 3 N–H and O–H groups in total. The number of nitrogens with two attached hydrogens (primary N) is 1. The van der Waals surface area contributed by atoms with Crippen molar-refractivity contribution >= 4 is 50.5 Å². The summed E-state index contributed by atoms with van der Waals surface area (Å²) >= 11 is 7.02. The second kappa shape index (κ2) is 8.21. The Morgan fingerprint density at radius 2 is 2.07 bits per heavy atom. The lowest BCUT2D eigenvalue weighted by Gasteiger charge is -2.22. The summed E-state index contributed by atoms with van der Waals surface area (Å²) in [5, 5.41) is 3.06. The first-order valence-electron chi connectivity index (χ1n) is 8.65. The fraction of sp³-hybridized carbons (Fsp3) is 0.333. The number of benzene rings is 1. The fourth-order valence-electron chi connectivity index (χ4n) is 3.03. The minimum atomic E-state index is -4.21. The Bertz CT molecular complexity index is 1050. The van der Waals surface area contributed by atoms with Crippen molar-refractivity contribution in [3.8, 4) is 5.75 Å². The van der Waals surface area contributed by atoms with Gasteiger partial charge in [0.25, 0.3) is 10.0 Å². The molecule has 1 aliphatic rings. The molecule has 8 nitrogen and oxygen atoms in total. The van der Waals surface area contributed by atoms with Crippen LogP contribution in [0.15, 0.2) is 28.5 Å². The van der Waals surface area contributed by atoms with Gasteiger partial charge in [0.15, 0.2) is 0 Å². The number of nitrogens with one attached hydrogen (secondary N) is 1. The smallest absolute Gasteiger partial charge is 0.276 e. The van der Waals surface area contributed by atoms with Crippen LogP contribution in [0.2, 0.25) is 5.02 Å². The summed E-state index contributed by atoms with van der Waals surface area (Å²) in [6.45, 7) is 1.11. The van der Waals surface area contributed by atoms with E-state index in [1.54, 1.807) is 25.1 Å². The Balaban J connectivity index is 1.96. The van der Waals surface area contributed by atoms with Crippen LogP contribution < -0.4 is 15.8 Å². The van der Waals surface area contributed by atoms with E-state index in [0.717, 1.165) is 11.3 Å². The summed E-state index contributed by atoms with van der Waals surface area (Å²) in [4.78, 5) is 25.9. The first kappa shape index (κ1) is 21.4. The van der Waals surface area contributed by atoms with Gasteiger partial charge in [0, 0.05) is 22.1 Å². The molecular weight excluding hydrogens is 438 g/mol. The van der Waals surface area contributed by atoms with E-state index in [0.29, 0.717) is 31.2 Å². The van der Waals surface area contributed by atoms with Crippen molar-refractivity contribution in [1.29, 1.82) is 0 Å². The van der Waals surface area contributed by atoms with Crippen molar-refractivity contribution < 1.29 is 22.7 Å². The monoisotopic (exact) mass is 457 g/mol. The molecule has 1 aliphatic heterocycles. The van der Waals surface area contributed by atoms with Gasteiger partial charge in [0.05, 0.1) is 13.0 Å². The first-order valence-corrected chi connectivity index (χ1v) is 11.3. The molecule has 1 unspecified atom stereocenters. The van der Waals surface area contributed by atoms with Crippen molar-refractivity contribution in [2.24, 2.45) is 5.92 Å². The van der Waals surface area contributed by atoms with Crippen molar-refractivity contribution in [1.82, 2.24) is 9.62 Å². The Kier molecular flexibility index (Phi) is 6.06. The third-order valence-corrected chi connectivity index (χ3v) is 8.11. The van der Waals surface area contributed by atoms with Crippen LogP contribution in [0.25, 0.3) is 0 Å². The summed E-state index contributed by atoms with van der Waals surface area (Å²) in [6.07, 6.45) is 0.153. The van der Waals surface area contributed by atoms with Crippen LogP contribution in [0.3, 0.4) is 0 Å². The highest BCUT2D eigenvalue weighted by Gasteiger charge is 2.39. The van der Waals surface area contributed by atoms with Crippen molar-refractivity contribution in [3.63, 3.8) is 0 Å². The predicted octanol–water partition coefficient (Wildman–Crippen LogP) is 1.81. The van der Waals surface area contributed by atoms with E-state index in [1.165, 1.54) is 13.2 Å². The minimum Gasteiger partial charge on any atom is -0.496 e. The van der Waals surface area contributed by atoms with Crippen LogP contribution in [0, 0.1) is 12.8 Å². The molecule has 0 radical (unpaired) electrons. The zero-order valence-corrected chi connectivity index (χ0v) is 18.2. The molecule has 1 aromatic heterocycles. The van der Waals surface area contributed by atoms with Gasteiger partial charge in [-0.25, -0.2) is 12.7 Å². The highest BCUT2D eigenvalue weighted by Crippen LogP contribution is 2.32. The van der Waals surface area contributed by atoms with E-state index in [9.17, 15) is 18.0 Å². The number of ether oxygens (including phenoxy) is 1. The number of amides is 2. The molecule has 2 heterocycles. The fourth-order valence-corrected chi connectivity index (χ4v) is 6.12. The van der Waals surface area contributed by atoms with Crippen molar-refractivity contribution in [3.05, 3.63) is 39.7 Å². The number of methoxy groups -OCH3 is 1. The van der Waals surface area contributed by atoms with Gasteiger partial charge in [-0.3, -0.25) is 9.59 Å². The molecule has 0 bridgehead atoms. The molecule has 1 fully saturated rings. The molecule has 11 heteroatoms. The van der Waals surface area contributed by atoms with Crippen LogP contribution in [-0.2, 0) is 26.0 Å². The molecule has 29 heavy (non-hydrogen) atoms. The van der Waals surface area contributed by atoms with Gasteiger partial charge in [0.1, 0.15) is 16.5 Å². The molecule has 156 valence electrons. The number of hydrogen-bond acceptors (Lipinski definition) is 7. The lowest BCUT2D eigenvalue weighted by atomic mass is 9.98. The molecular formula is C18H20ClN3O5S2. The van der Waals surface area contributed by atoms with Crippen molar-refractivity contribution in [2.75, 3.05) is 25.9 Å². The second-order valence-electron chi connectivity index (χ2n) is 6.59. The van der Waals surface area contributed by atoms with Crippen LogP contribution in [0.1, 0.15) is 10.4 Å². The molecule has 0 aliphatic carbocycles. The predicted molar refractivity (Wildman–Crippen MR) is 111 cm³/mol. The number of sulfonamides is 1. The maximum absolute atomic E-state index is 13.1. The Morgan fingerprint density at radius 1 is 1.34 bits per heavy atom. The number of carbonyl (C=O) groups excluding carboxylic acids is 2. The first-order chi connectivity index (χ1) is 13.6. The summed E-state index contributed by atoms with van der Waals surface area (Å²) in [5.41, 5.74) is 6.73. The Labute approximate surface area is 177 Å². The van der Waals surface area contributed by atoms with Gasteiger partial charge >= 0.3 is 0 Å². The van der Waals surface area contributed by atoms with E-state index in [4.69, 9.17) is 22.1 Å². The number of anilines is 1. The molecule has 3 rings (SSSR count). The van der Waals surface area contributed by atoms with E-state index in [2.05, 4.69) is 5.32 Å². The van der Waals surface area contributed by atoms with E-state index < -0.39 is 34.3 Å². The standard InChI is InChI=1S/C18H20ClN3O5S2/c1-10-14(20)7-17(28-10)29(25,26)22-9-16(23)21-8-12(18(22)24)5-11-6-13(19)3-4-15(11)27-2/h3-4,6-7,12H,5,8-9,20H2,1-2H3,(H,21,23). The molecule has 0 saturated carbocycles. The molecule has 2 amide bonds. The number of carbonyl (C=O) groups is 2. The van der Waals surface area contributed by atoms with E-state index in [-0.39, 0.29) is 17.2 Å². The van der Waals surface area contributed by atoms with Gasteiger partial charge in [0.2, 0.25) is 11.8 Å². The molecule has 1 saturated heterocycles. The average molecular weight is 458 g/mol. The molecule has 0 spiro atoms. The number of aryl methyl sites for hydroxylation is 1. The maximum atomic E-state index is 13.1. The Morgan fingerprint density at radius 3 is 2.69 bits per heavy atom.